The third-order valence-corrected chi connectivity index (χ3v) is 6.99. The van der Waals surface area contributed by atoms with Crippen molar-refractivity contribution >= 4 is 38.8 Å². The maximum atomic E-state index is 13.0. The van der Waals surface area contributed by atoms with Gasteiger partial charge in [-0.25, -0.2) is 18.5 Å². The van der Waals surface area contributed by atoms with E-state index in [1.807, 2.05) is 11.4 Å². The van der Waals surface area contributed by atoms with Crippen LogP contribution in [0.4, 0.5) is 5.69 Å². The van der Waals surface area contributed by atoms with Gasteiger partial charge in [0.05, 0.1) is 0 Å². The number of benzene rings is 2. The summed E-state index contributed by atoms with van der Waals surface area (Å²) in [5.74, 6) is 0.455. The Labute approximate surface area is 163 Å². The molecule has 0 spiro atoms. The summed E-state index contributed by atoms with van der Waals surface area (Å²) in [7, 11) is -3.79. The van der Waals surface area contributed by atoms with Crippen molar-refractivity contribution in [2.75, 3.05) is 4.72 Å². The normalized spacial score (nSPS) is 11.4. The van der Waals surface area contributed by atoms with E-state index in [0.717, 1.165) is 4.34 Å². The SMILES string of the molecule is O=S(=O)(Nc1ccccc1)c1ccc(-c2nnn[nH]2)cc1Sc1nccs1. The van der Waals surface area contributed by atoms with Crippen LogP contribution in [0.5, 0.6) is 0 Å². The second kappa shape index (κ2) is 7.47. The van der Waals surface area contributed by atoms with Crippen LogP contribution in [0.3, 0.4) is 0 Å². The zero-order valence-electron chi connectivity index (χ0n) is 13.6. The van der Waals surface area contributed by atoms with E-state index in [0.29, 0.717) is 22.0 Å². The first-order valence-electron chi connectivity index (χ1n) is 7.65. The summed E-state index contributed by atoms with van der Waals surface area (Å²) in [5.41, 5.74) is 1.17. The zero-order chi connectivity index (χ0) is 18.7. The smallest absolute Gasteiger partial charge is 0.263 e. The Hall–Kier alpha value is -2.76. The number of aromatic amines is 1. The number of tetrazole rings is 1. The molecule has 8 nitrogen and oxygen atoms in total. The van der Waals surface area contributed by atoms with Crippen molar-refractivity contribution in [3.8, 4) is 11.4 Å². The average molecular weight is 417 g/mol. The molecule has 4 aromatic rings. The van der Waals surface area contributed by atoms with E-state index in [1.54, 1.807) is 48.7 Å². The van der Waals surface area contributed by atoms with E-state index < -0.39 is 10.0 Å². The van der Waals surface area contributed by atoms with Gasteiger partial charge in [0.1, 0.15) is 4.90 Å². The Bertz CT molecular complexity index is 1130. The van der Waals surface area contributed by atoms with E-state index in [9.17, 15) is 8.42 Å². The summed E-state index contributed by atoms with van der Waals surface area (Å²) in [6.45, 7) is 0. The third kappa shape index (κ3) is 3.99. The van der Waals surface area contributed by atoms with E-state index >= 15 is 0 Å². The van der Waals surface area contributed by atoms with Gasteiger partial charge in [-0.2, -0.15) is 0 Å². The Morgan fingerprint density at radius 3 is 2.67 bits per heavy atom. The van der Waals surface area contributed by atoms with Crippen LogP contribution in [-0.2, 0) is 10.0 Å². The Kier molecular flexibility index (Phi) is 4.88. The molecular formula is C16H12N6O2S3. The summed E-state index contributed by atoms with van der Waals surface area (Å²) in [5, 5.41) is 15.5. The monoisotopic (exact) mass is 416 g/mol. The molecule has 0 saturated carbocycles. The van der Waals surface area contributed by atoms with Crippen molar-refractivity contribution in [1.82, 2.24) is 25.6 Å². The van der Waals surface area contributed by atoms with Crippen LogP contribution in [0.1, 0.15) is 0 Å². The third-order valence-electron chi connectivity index (χ3n) is 3.48. The number of para-hydroxylation sites is 1. The van der Waals surface area contributed by atoms with Gasteiger partial charge in [-0.15, -0.1) is 16.4 Å². The van der Waals surface area contributed by atoms with Crippen LogP contribution in [0.2, 0.25) is 0 Å². The fraction of sp³-hybridized carbons (Fsp3) is 0. The van der Waals surface area contributed by atoms with E-state index in [2.05, 4.69) is 30.3 Å². The standard InChI is InChI=1S/C16H12N6O2S3/c23-27(24,20-12-4-2-1-3-5-12)14-7-6-11(15-18-21-22-19-15)10-13(14)26-16-17-8-9-25-16/h1-10,20H,(H,18,19,21,22). The highest BCUT2D eigenvalue weighted by atomic mass is 32.2. The van der Waals surface area contributed by atoms with Crippen molar-refractivity contribution in [3.63, 3.8) is 0 Å². The van der Waals surface area contributed by atoms with Crippen LogP contribution in [0.25, 0.3) is 11.4 Å². The van der Waals surface area contributed by atoms with Crippen molar-refractivity contribution in [1.29, 1.82) is 0 Å². The molecule has 136 valence electrons. The topological polar surface area (TPSA) is 114 Å². The predicted molar refractivity (Wildman–Crippen MR) is 103 cm³/mol. The summed E-state index contributed by atoms with van der Waals surface area (Å²) in [4.78, 5) is 4.91. The summed E-state index contributed by atoms with van der Waals surface area (Å²) in [6, 6.07) is 13.7. The molecule has 0 atom stereocenters. The molecule has 2 heterocycles. The van der Waals surface area contributed by atoms with Crippen molar-refractivity contribution in [2.24, 2.45) is 0 Å². The molecule has 2 aromatic carbocycles. The molecule has 0 aliphatic rings. The molecule has 27 heavy (non-hydrogen) atoms. The molecule has 0 amide bonds. The van der Waals surface area contributed by atoms with Gasteiger partial charge in [-0.1, -0.05) is 30.0 Å². The lowest BCUT2D eigenvalue weighted by atomic mass is 10.2. The van der Waals surface area contributed by atoms with Crippen molar-refractivity contribution in [3.05, 3.63) is 60.1 Å². The molecule has 0 fully saturated rings. The van der Waals surface area contributed by atoms with E-state index in [1.165, 1.54) is 23.1 Å². The van der Waals surface area contributed by atoms with Crippen LogP contribution in [0.15, 0.2) is 74.2 Å². The lowest BCUT2D eigenvalue weighted by Crippen LogP contribution is -2.14. The van der Waals surface area contributed by atoms with Crippen LogP contribution >= 0.6 is 23.1 Å². The fourth-order valence-corrected chi connectivity index (χ4v) is 5.54. The van der Waals surface area contributed by atoms with Gasteiger partial charge in [0.15, 0.2) is 10.2 Å². The minimum Gasteiger partial charge on any atom is -0.280 e. The van der Waals surface area contributed by atoms with Gasteiger partial charge in [0.2, 0.25) is 0 Å². The molecular weight excluding hydrogens is 404 g/mol. The molecule has 0 aliphatic carbocycles. The number of hydrogen-bond acceptors (Lipinski definition) is 8. The molecule has 0 saturated heterocycles. The van der Waals surface area contributed by atoms with Gasteiger partial charge in [-0.3, -0.25) is 4.72 Å². The van der Waals surface area contributed by atoms with Crippen LogP contribution < -0.4 is 4.72 Å². The number of anilines is 1. The minimum absolute atomic E-state index is 0.155. The number of H-pyrrole nitrogens is 1. The maximum Gasteiger partial charge on any atom is 0.263 e. The van der Waals surface area contributed by atoms with Gasteiger partial charge >= 0.3 is 0 Å². The lowest BCUT2D eigenvalue weighted by molar-refractivity contribution is 0.599. The molecule has 2 aromatic heterocycles. The second-order valence-electron chi connectivity index (χ2n) is 5.28. The number of nitrogens with one attached hydrogen (secondary N) is 2. The van der Waals surface area contributed by atoms with Crippen molar-refractivity contribution in [2.45, 2.75) is 14.1 Å². The van der Waals surface area contributed by atoms with Gasteiger partial charge in [0, 0.05) is 27.7 Å². The maximum absolute atomic E-state index is 13.0. The molecule has 0 bridgehead atoms. The van der Waals surface area contributed by atoms with Gasteiger partial charge < -0.3 is 0 Å². The van der Waals surface area contributed by atoms with E-state index in [-0.39, 0.29) is 4.90 Å². The lowest BCUT2D eigenvalue weighted by Gasteiger charge is -2.12. The van der Waals surface area contributed by atoms with Gasteiger partial charge in [0.25, 0.3) is 10.0 Å². The van der Waals surface area contributed by atoms with Crippen LogP contribution in [-0.4, -0.2) is 34.0 Å². The Balaban J connectivity index is 1.76. The van der Waals surface area contributed by atoms with Gasteiger partial charge in [-0.05, 0) is 40.8 Å². The summed E-state index contributed by atoms with van der Waals surface area (Å²) >= 11 is 2.71. The Morgan fingerprint density at radius 2 is 1.96 bits per heavy atom. The highest BCUT2D eigenvalue weighted by molar-refractivity contribution is 8.02. The highest BCUT2D eigenvalue weighted by Crippen LogP contribution is 2.36. The minimum atomic E-state index is -3.79. The number of aromatic nitrogens is 5. The predicted octanol–water partition coefficient (Wildman–Crippen LogP) is 3.28. The number of hydrogen-bond donors (Lipinski definition) is 2. The summed E-state index contributed by atoms with van der Waals surface area (Å²) < 4.78 is 29.3. The van der Waals surface area contributed by atoms with E-state index in [4.69, 9.17) is 0 Å². The quantitative estimate of drug-likeness (QED) is 0.496. The Morgan fingerprint density at radius 1 is 1.11 bits per heavy atom. The first-order chi connectivity index (χ1) is 13.1. The first kappa shape index (κ1) is 17.6. The molecule has 11 heteroatoms. The number of nitrogens with zero attached hydrogens (tertiary/aromatic N) is 4. The number of sulfonamides is 1. The molecule has 0 unspecified atom stereocenters. The average Bonchev–Trinajstić information content (AvgIpc) is 3.36. The number of thiazole rings is 1. The molecule has 0 radical (unpaired) electrons. The molecule has 2 N–H and O–H groups in total. The second-order valence-corrected chi connectivity index (χ2v) is 9.12. The zero-order valence-corrected chi connectivity index (χ0v) is 16.1. The summed E-state index contributed by atoms with van der Waals surface area (Å²) in [6.07, 6.45) is 1.67. The highest BCUT2D eigenvalue weighted by Gasteiger charge is 2.21. The van der Waals surface area contributed by atoms with Crippen LogP contribution in [0, 0.1) is 0 Å². The largest absolute Gasteiger partial charge is 0.280 e. The fourth-order valence-electron chi connectivity index (χ4n) is 2.31. The number of rotatable bonds is 6. The first-order valence-corrected chi connectivity index (χ1v) is 10.8. The molecule has 0 aliphatic heterocycles. The molecule has 4 rings (SSSR count). The van der Waals surface area contributed by atoms with Crippen molar-refractivity contribution < 1.29 is 8.42 Å².